The summed E-state index contributed by atoms with van der Waals surface area (Å²) in [7, 11) is 1.71. The minimum Gasteiger partial charge on any atom is -0.497 e. The van der Waals surface area contributed by atoms with Gasteiger partial charge in [-0.3, -0.25) is 9.88 Å². The van der Waals surface area contributed by atoms with Crippen molar-refractivity contribution in [3.63, 3.8) is 0 Å². The Hall–Kier alpha value is -1.91. The first-order valence-electron chi connectivity index (χ1n) is 13.3. The fraction of sp³-hybridized carbons (Fsp3) is 0.633. The number of aliphatic hydroxyl groups excluding tert-OH is 1. The number of aliphatic hydroxyl groups is 1. The standard InChI is InChI=1S/C30H40N2O2/c1-6-18-17-32-12-10-19(18)13-27(32)28(33)23-16-26(31-25-8-7-21(34-5)15-22(23)25)24-14-20-9-11-30(24,4)29(20,2)3/h6-8,15-16,18-20,24,27-28,33H,1,9-14,17H2,2-5H3/t18-,19-,20?,24?,27+,28-,30?/m0/s1. The number of pyridine rings is 1. The van der Waals surface area contributed by atoms with Crippen molar-refractivity contribution in [2.75, 3.05) is 20.2 Å². The van der Waals surface area contributed by atoms with Gasteiger partial charge in [0.15, 0.2) is 0 Å². The molecule has 182 valence electrons. The van der Waals surface area contributed by atoms with Gasteiger partial charge in [0.2, 0.25) is 0 Å². The number of aromatic nitrogens is 1. The van der Waals surface area contributed by atoms with Crippen molar-refractivity contribution in [3.8, 4) is 5.75 Å². The SMILES string of the molecule is C=C[C@H]1CN2CC[C@H]1C[C@@H]2[C@@H](O)c1cc(C2CC3CCC2(C)C3(C)C)nc2ccc(OC)cc12. The summed E-state index contributed by atoms with van der Waals surface area (Å²) in [5, 5.41) is 13.0. The Kier molecular flexibility index (Phi) is 5.17. The van der Waals surface area contributed by atoms with E-state index in [0.717, 1.165) is 47.6 Å². The zero-order valence-corrected chi connectivity index (χ0v) is 21.3. The number of hydrogen-bond acceptors (Lipinski definition) is 4. The summed E-state index contributed by atoms with van der Waals surface area (Å²) in [5.41, 5.74) is 3.80. The quantitative estimate of drug-likeness (QED) is 0.548. The van der Waals surface area contributed by atoms with Crippen LogP contribution in [0.3, 0.4) is 0 Å². The molecule has 2 aliphatic carbocycles. The predicted molar refractivity (Wildman–Crippen MR) is 137 cm³/mol. The number of rotatable bonds is 5. The molecule has 5 fully saturated rings. The van der Waals surface area contributed by atoms with Crippen LogP contribution in [0, 0.1) is 28.6 Å². The second kappa shape index (κ2) is 7.80. The van der Waals surface area contributed by atoms with E-state index in [9.17, 15) is 5.11 Å². The van der Waals surface area contributed by atoms with Crippen molar-refractivity contribution in [2.45, 2.75) is 70.9 Å². The molecule has 2 aromatic rings. The number of piperidine rings is 3. The first-order valence-corrected chi connectivity index (χ1v) is 13.3. The maximum absolute atomic E-state index is 11.9. The van der Waals surface area contributed by atoms with Crippen LogP contribution in [-0.4, -0.2) is 41.2 Å². The average molecular weight is 461 g/mol. The Bertz CT molecular complexity index is 1130. The fourth-order valence-electron chi connectivity index (χ4n) is 8.37. The van der Waals surface area contributed by atoms with Crippen LogP contribution in [0.15, 0.2) is 36.9 Å². The van der Waals surface area contributed by atoms with Crippen molar-refractivity contribution in [3.05, 3.63) is 48.2 Å². The normalized spacial score (nSPS) is 38.9. The van der Waals surface area contributed by atoms with Crippen LogP contribution in [0.4, 0.5) is 0 Å². The van der Waals surface area contributed by atoms with Gasteiger partial charge in [0.05, 0.1) is 18.7 Å². The lowest BCUT2D eigenvalue weighted by atomic mass is 9.65. The molecule has 4 heterocycles. The van der Waals surface area contributed by atoms with Crippen molar-refractivity contribution < 1.29 is 9.84 Å². The number of benzene rings is 1. The number of hydrogen-bond donors (Lipinski definition) is 1. The Morgan fingerprint density at radius 3 is 2.65 bits per heavy atom. The lowest BCUT2D eigenvalue weighted by Gasteiger charge is -2.50. The van der Waals surface area contributed by atoms with Gasteiger partial charge >= 0.3 is 0 Å². The molecular formula is C30H40N2O2. The molecule has 1 aromatic carbocycles. The minimum atomic E-state index is -0.524. The third-order valence-corrected chi connectivity index (χ3v) is 11.1. The maximum atomic E-state index is 11.9. The molecule has 0 amide bonds. The monoisotopic (exact) mass is 460 g/mol. The highest BCUT2D eigenvalue weighted by Crippen LogP contribution is 2.70. The van der Waals surface area contributed by atoms with Gasteiger partial charge in [-0.2, -0.15) is 0 Å². The van der Waals surface area contributed by atoms with Crippen LogP contribution in [0.1, 0.15) is 76.2 Å². The second-order valence-corrected chi connectivity index (χ2v) is 12.4. The van der Waals surface area contributed by atoms with E-state index >= 15 is 0 Å². The van der Waals surface area contributed by atoms with Crippen LogP contribution >= 0.6 is 0 Å². The van der Waals surface area contributed by atoms with E-state index < -0.39 is 6.10 Å². The van der Waals surface area contributed by atoms with E-state index in [4.69, 9.17) is 9.72 Å². The molecule has 4 bridgehead atoms. The highest BCUT2D eigenvalue weighted by molar-refractivity contribution is 5.84. The molecule has 4 heteroatoms. The van der Waals surface area contributed by atoms with Gasteiger partial charge in [-0.05, 0) is 97.1 Å². The molecule has 3 saturated heterocycles. The first kappa shape index (κ1) is 22.5. The summed E-state index contributed by atoms with van der Waals surface area (Å²) in [5.74, 6) is 3.22. The zero-order chi connectivity index (χ0) is 23.8. The molecule has 34 heavy (non-hydrogen) atoms. The Morgan fingerprint density at radius 1 is 1.21 bits per heavy atom. The van der Waals surface area contributed by atoms with Crippen LogP contribution in [0.2, 0.25) is 0 Å². The summed E-state index contributed by atoms with van der Waals surface area (Å²) in [4.78, 5) is 7.74. The summed E-state index contributed by atoms with van der Waals surface area (Å²) < 4.78 is 5.56. The molecule has 5 aliphatic rings. The molecule has 4 unspecified atom stereocenters. The van der Waals surface area contributed by atoms with Gasteiger partial charge in [-0.25, -0.2) is 0 Å². The largest absolute Gasteiger partial charge is 0.497 e. The summed E-state index contributed by atoms with van der Waals surface area (Å²) >= 11 is 0. The zero-order valence-electron chi connectivity index (χ0n) is 21.3. The van der Waals surface area contributed by atoms with Crippen molar-refractivity contribution in [2.24, 2.45) is 28.6 Å². The second-order valence-electron chi connectivity index (χ2n) is 12.4. The summed E-state index contributed by atoms with van der Waals surface area (Å²) in [6.45, 7) is 13.6. The van der Waals surface area contributed by atoms with Crippen LogP contribution < -0.4 is 4.74 Å². The summed E-state index contributed by atoms with van der Waals surface area (Å²) in [6.07, 6.45) is 7.68. The van der Waals surface area contributed by atoms with Gasteiger partial charge in [-0.1, -0.05) is 26.8 Å². The molecule has 7 rings (SSSR count). The third-order valence-electron chi connectivity index (χ3n) is 11.1. The lowest BCUT2D eigenvalue weighted by molar-refractivity contribution is -0.0445. The molecule has 8 atom stereocenters. The van der Waals surface area contributed by atoms with Gasteiger partial charge in [0, 0.05) is 29.6 Å². The Labute approximate surface area is 204 Å². The molecular weight excluding hydrogens is 420 g/mol. The lowest BCUT2D eigenvalue weighted by Crippen LogP contribution is -2.54. The van der Waals surface area contributed by atoms with E-state index in [1.165, 1.54) is 31.4 Å². The van der Waals surface area contributed by atoms with Crippen molar-refractivity contribution in [1.29, 1.82) is 0 Å². The predicted octanol–water partition coefficient (Wildman–Crippen LogP) is 6.10. The Balaban J connectivity index is 1.44. The first-order chi connectivity index (χ1) is 16.3. The Morgan fingerprint density at radius 2 is 2.03 bits per heavy atom. The summed E-state index contributed by atoms with van der Waals surface area (Å²) in [6, 6.07) is 8.58. The molecule has 2 saturated carbocycles. The average Bonchev–Trinajstić information content (AvgIpc) is 3.21. The van der Waals surface area contributed by atoms with E-state index in [1.54, 1.807) is 7.11 Å². The molecule has 1 N–H and O–H groups in total. The number of ether oxygens (including phenoxy) is 1. The maximum Gasteiger partial charge on any atom is 0.119 e. The molecule has 4 nitrogen and oxygen atoms in total. The fourth-order valence-corrected chi connectivity index (χ4v) is 8.37. The van der Waals surface area contributed by atoms with Crippen LogP contribution in [0.25, 0.3) is 10.9 Å². The van der Waals surface area contributed by atoms with Crippen LogP contribution in [0.5, 0.6) is 5.75 Å². The van der Waals surface area contributed by atoms with E-state index in [2.05, 4.69) is 56.5 Å². The topological polar surface area (TPSA) is 45.6 Å². The molecule has 3 aliphatic heterocycles. The molecule has 0 spiro atoms. The van der Waals surface area contributed by atoms with E-state index in [0.29, 0.717) is 23.2 Å². The third kappa shape index (κ3) is 3.07. The number of nitrogens with zero attached hydrogens (tertiary/aromatic N) is 2. The van der Waals surface area contributed by atoms with Gasteiger partial charge in [0.1, 0.15) is 5.75 Å². The van der Waals surface area contributed by atoms with Gasteiger partial charge in [0.25, 0.3) is 0 Å². The van der Waals surface area contributed by atoms with Crippen molar-refractivity contribution in [1.82, 2.24) is 9.88 Å². The number of fused-ring (bicyclic) bond motifs is 6. The van der Waals surface area contributed by atoms with Crippen LogP contribution in [-0.2, 0) is 0 Å². The van der Waals surface area contributed by atoms with E-state index in [1.807, 2.05) is 6.07 Å². The minimum absolute atomic E-state index is 0.159. The molecule has 1 aromatic heterocycles. The molecule has 0 radical (unpaired) electrons. The van der Waals surface area contributed by atoms with Crippen molar-refractivity contribution >= 4 is 10.9 Å². The smallest absolute Gasteiger partial charge is 0.119 e. The highest BCUT2D eigenvalue weighted by Gasteiger charge is 2.61. The van der Waals surface area contributed by atoms with Gasteiger partial charge < -0.3 is 9.84 Å². The number of methoxy groups -OCH3 is 1. The highest BCUT2D eigenvalue weighted by atomic mass is 16.5. The van der Waals surface area contributed by atoms with Gasteiger partial charge in [-0.15, -0.1) is 6.58 Å². The van der Waals surface area contributed by atoms with E-state index in [-0.39, 0.29) is 11.5 Å².